The molecule has 28 heavy (non-hydrogen) atoms. The van der Waals surface area contributed by atoms with Crippen molar-refractivity contribution >= 4 is 17.9 Å². The number of aliphatic imine (C=N–C) groups is 1. The molecule has 0 aromatic heterocycles. The van der Waals surface area contributed by atoms with E-state index in [-0.39, 0.29) is 24.4 Å². The summed E-state index contributed by atoms with van der Waals surface area (Å²) in [6.45, 7) is 1.46. The molecule has 0 saturated carbocycles. The number of guanidine groups is 1. The van der Waals surface area contributed by atoms with Crippen LogP contribution in [0.25, 0.3) is 0 Å². The average Bonchev–Trinajstić information content (AvgIpc) is 3.06. The van der Waals surface area contributed by atoms with E-state index >= 15 is 0 Å². The van der Waals surface area contributed by atoms with Crippen molar-refractivity contribution in [1.82, 2.24) is 20.9 Å². The van der Waals surface area contributed by atoms with Crippen LogP contribution in [-0.2, 0) is 4.79 Å². The minimum atomic E-state index is -0.344. The molecule has 146 valence electrons. The monoisotopic (exact) mass is 379 g/mol. The first-order chi connectivity index (χ1) is 13.7. The highest BCUT2D eigenvalue weighted by Crippen LogP contribution is 2.23. The molecule has 0 bridgehead atoms. The number of hydrogen-bond acceptors (Lipinski definition) is 3. The number of carbonyl (C=O) groups excluding carboxylic acids is 2. The van der Waals surface area contributed by atoms with Crippen molar-refractivity contribution < 1.29 is 9.59 Å². The van der Waals surface area contributed by atoms with E-state index in [9.17, 15) is 9.59 Å². The molecule has 0 aliphatic carbocycles. The van der Waals surface area contributed by atoms with Crippen LogP contribution in [0.5, 0.6) is 0 Å². The maximum absolute atomic E-state index is 11.6. The zero-order chi connectivity index (χ0) is 19.8. The van der Waals surface area contributed by atoms with Gasteiger partial charge in [-0.1, -0.05) is 60.7 Å². The van der Waals surface area contributed by atoms with E-state index in [1.54, 1.807) is 7.05 Å². The summed E-state index contributed by atoms with van der Waals surface area (Å²) in [5, 5.41) is 9.02. The Morgan fingerprint density at radius 2 is 1.64 bits per heavy atom. The van der Waals surface area contributed by atoms with E-state index in [2.05, 4.69) is 45.2 Å². The number of urea groups is 1. The van der Waals surface area contributed by atoms with Gasteiger partial charge in [-0.15, -0.1) is 0 Å². The molecule has 0 radical (unpaired) electrons. The van der Waals surface area contributed by atoms with Gasteiger partial charge in [0.2, 0.25) is 5.91 Å². The first kappa shape index (κ1) is 19.4. The van der Waals surface area contributed by atoms with E-state index < -0.39 is 0 Å². The van der Waals surface area contributed by atoms with Crippen LogP contribution >= 0.6 is 0 Å². The molecule has 0 unspecified atom stereocenters. The van der Waals surface area contributed by atoms with Gasteiger partial charge in [-0.2, -0.15) is 0 Å². The third-order valence-electron chi connectivity index (χ3n) is 4.67. The molecule has 2 aromatic carbocycles. The second-order valence-electron chi connectivity index (χ2n) is 6.46. The topological polar surface area (TPSA) is 85.8 Å². The quantitative estimate of drug-likeness (QED) is 0.387. The van der Waals surface area contributed by atoms with Crippen LogP contribution in [0.15, 0.2) is 65.7 Å². The molecule has 1 fully saturated rings. The minimum Gasteiger partial charge on any atom is -0.355 e. The van der Waals surface area contributed by atoms with Crippen molar-refractivity contribution in [3.63, 3.8) is 0 Å². The zero-order valence-corrected chi connectivity index (χ0v) is 15.9. The number of hydrogen-bond donors (Lipinski definition) is 3. The maximum atomic E-state index is 11.6. The van der Waals surface area contributed by atoms with E-state index in [0.717, 1.165) is 0 Å². The van der Waals surface area contributed by atoms with E-state index in [4.69, 9.17) is 0 Å². The number of imide groups is 1. The molecular weight excluding hydrogens is 354 g/mol. The fourth-order valence-electron chi connectivity index (χ4n) is 3.19. The molecule has 0 atom stereocenters. The Labute approximate surface area is 164 Å². The third kappa shape index (κ3) is 4.88. The summed E-state index contributed by atoms with van der Waals surface area (Å²) in [4.78, 5) is 28.7. The lowest BCUT2D eigenvalue weighted by Crippen LogP contribution is -2.44. The third-order valence-corrected chi connectivity index (χ3v) is 4.67. The Kier molecular flexibility index (Phi) is 6.62. The molecule has 1 heterocycles. The minimum absolute atomic E-state index is 0.0711. The summed E-state index contributed by atoms with van der Waals surface area (Å²) in [6, 6.07) is 20.3. The highest BCUT2D eigenvalue weighted by Gasteiger charge is 2.27. The van der Waals surface area contributed by atoms with E-state index in [1.165, 1.54) is 16.0 Å². The average molecular weight is 379 g/mol. The number of carbonyl (C=O) groups is 2. The number of nitrogens with one attached hydrogen (secondary N) is 3. The van der Waals surface area contributed by atoms with Gasteiger partial charge in [0.1, 0.15) is 0 Å². The van der Waals surface area contributed by atoms with Crippen LogP contribution in [0.1, 0.15) is 17.0 Å². The molecular formula is C21H25N5O2. The molecule has 2 aromatic rings. The first-order valence-electron chi connectivity index (χ1n) is 9.31. The summed E-state index contributed by atoms with van der Waals surface area (Å²) in [5.41, 5.74) is 2.44. The van der Waals surface area contributed by atoms with Gasteiger partial charge in [0.05, 0.1) is 6.54 Å². The lowest BCUT2D eigenvalue weighted by atomic mass is 9.91. The second kappa shape index (κ2) is 9.55. The molecule has 0 spiro atoms. The van der Waals surface area contributed by atoms with Gasteiger partial charge in [-0.25, -0.2) is 4.79 Å². The normalized spacial score (nSPS) is 14.4. The molecule has 7 nitrogen and oxygen atoms in total. The first-order valence-corrected chi connectivity index (χ1v) is 9.31. The number of rotatable bonds is 7. The fraction of sp³-hybridized carbons (Fsp3) is 0.286. The summed E-state index contributed by atoms with van der Waals surface area (Å²) >= 11 is 0. The Bertz CT molecular complexity index is 768. The standard InChI is InChI=1S/C21H25N5O2/c1-22-20(23-12-13-26-19(27)15-25-21(26)28)24-14-18(16-8-4-2-5-9-16)17-10-6-3-7-11-17/h2-11,18H,12-15H2,1H3,(H,25,28)(H2,22,23,24). The Morgan fingerprint density at radius 1 is 1.04 bits per heavy atom. The molecule has 1 aliphatic heterocycles. The number of nitrogens with zero attached hydrogens (tertiary/aromatic N) is 2. The van der Waals surface area contributed by atoms with Crippen LogP contribution in [-0.4, -0.2) is 56.0 Å². The van der Waals surface area contributed by atoms with E-state index in [0.29, 0.717) is 25.6 Å². The predicted molar refractivity (Wildman–Crippen MR) is 109 cm³/mol. The fourth-order valence-corrected chi connectivity index (χ4v) is 3.19. The van der Waals surface area contributed by atoms with Gasteiger partial charge in [0.25, 0.3) is 0 Å². The van der Waals surface area contributed by atoms with E-state index in [1.807, 2.05) is 36.4 Å². The largest absolute Gasteiger partial charge is 0.355 e. The maximum Gasteiger partial charge on any atom is 0.324 e. The molecule has 3 N–H and O–H groups in total. The van der Waals surface area contributed by atoms with Crippen LogP contribution in [0.3, 0.4) is 0 Å². The van der Waals surface area contributed by atoms with Gasteiger partial charge < -0.3 is 16.0 Å². The zero-order valence-electron chi connectivity index (χ0n) is 15.9. The lowest BCUT2D eigenvalue weighted by Gasteiger charge is -2.21. The van der Waals surface area contributed by atoms with Gasteiger partial charge in [-0.05, 0) is 11.1 Å². The lowest BCUT2D eigenvalue weighted by molar-refractivity contribution is -0.124. The molecule has 3 amide bonds. The summed E-state index contributed by atoms with van der Waals surface area (Å²) in [5.74, 6) is 0.596. The summed E-state index contributed by atoms with van der Waals surface area (Å²) in [6.07, 6.45) is 0. The second-order valence-corrected chi connectivity index (χ2v) is 6.46. The number of benzene rings is 2. The molecule has 7 heteroatoms. The van der Waals surface area contributed by atoms with Gasteiger partial charge in [0.15, 0.2) is 5.96 Å². The van der Waals surface area contributed by atoms with Crippen LogP contribution in [0.4, 0.5) is 4.79 Å². The van der Waals surface area contributed by atoms with Crippen molar-refractivity contribution in [2.45, 2.75) is 5.92 Å². The Hall–Kier alpha value is -3.35. The summed E-state index contributed by atoms with van der Waals surface area (Å²) < 4.78 is 0. The van der Waals surface area contributed by atoms with Gasteiger partial charge >= 0.3 is 6.03 Å². The number of amides is 3. The molecule has 1 aliphatic rings. The SMILES string of the molecule is CN=C(NCCN1C(=O)CNC1=O)NCC(c1ccccc1)c1ccccc1. The van der Waals surface area contributed by atoms with Crippen LogP contribution in [0, 0.1) is 0 Å². The summed E-state index contributed by atoms with van der Waals surface area (Å²) in [7, 11) is 1.70. The van der Waals surface area contributed by atoms with Crippen molar-refractivity contribution in [1.29, 1.82) is 0 Å². The van der Waals surface area contributed by atoms with Crippen molar-refractivity contribution in [3.05, 3.63) is 71.8 Å². The van der Waals surface area contributed by atoms with Crippen molar-refractivity contribution in [2.24, 2.45) is 4.99 Å². The predicted octanol–water partition coefficient (Wildman–Crippen LogP) is 1.54. The Morgan fingerprint density at radius 3 is 2.14 bits per heavy atom. The smallest absolute Gasteiger partial charge is 0.324 e. The van der Waals surface area contributed by atoms with Gasteiger partial charge in [0, 0.05) is 32.6 Å². The molecule has 3 rings (SSSR count). The Balaban J connectivity index is 1.58. The van der Waals surface area contributed by atoms with Crippen LogP contribution in [0.2, 0.25) is 0 Å². The molecule has 1 saturated heterocycles. The van der Waals surface area contributed by atoms with Crippen molar-refractivity contribution in [2.75, 3.05) is 33.2 Å². The van der Waals surface area contributed by atoms with Crippen molar-refractivity contribution in [3.8, 4) is 0 Å². The highest BCUT2D eigenvalue weighted by molar-refractivity contribution is 6.01. The van der Waals surface area contributed by atoms with Gasteiger partial charge in [-0.3, -0.25) is 14.7 Å². The van der Waals surface area contributed by atoms with Crippen LogP contribution < -0.4 is 16.0 Å². The highest BCUT2D eigenvalue weighted by atomic mass is 16.2.